The number of carboxylic acid groups (broad SMARTS) is 1. The summed E-state index contributed by atoms with van der Waals surface area (Å²) in [6, 6.07) is 4.78. The van der Waals surface area contributed by atoms with Crippen LogP contribution < -0.4 is 5.32 Å². The highest BCUT2D eigenvalue weighted by molar-refractivity contribution is 6.04. The molecule has 1 aromatic rings. The number of benzene rings is 1. The summed E-state index contributed by atoms with van der Waals surface area (Å²) < 4.78 is 13.1. The fourth-order valence-electron chi connectivity index (χ4n) is 1.72. The molecule has 0 saturated carbocycles. The first-order valence-electron chi connectivity index (χ1n) is 5.99. The average Bonchev–Trinajstić information content (AvgIpc) is 2.88. The summed E-state index contributed by atoms with van der Waals surface area (Å²) in [5.74, 6) is -2.10. The van der Waals surface area contributed by atoms with Crippen LogP contribution in [0.3, 0.4) is 0 Å². The molecule has 1 unspecified atom stereocenters. The number of oxime groups is 1. The van der Waals surface area contributed by atoms with Crippen molar-refractivity contribution >= 4 is 17.6 Å². The Morgan fingerprint density at radius 2 is 2.30 bits per heavy atom. The van der Waals surface area contributed by atoms with Gasteiger partial charge in [-0.1, -0.05) is 17.3 Å². The number of amides is 1. The van der Waals surface area contributed by atoms with E-state index in [1.165, 1.54) is 25.1 Å². The van der Waals surface area contributed by atoms with Crippen molar-refractivity contribution in [2.75, 3.05) is 0 Å². The molecule has 2 atom stereocenters. The van der Waals surface area contributed by atoms with Crippen LogP contribution in [-0.2, 0) is 14.4 Å². The van der Waals surface area contributed by atoms with Crippen molar-refractivity contribution in [1.82, 2.24) is 5.32 Å². The molecule has 0 saturated heterocycles. The number of nitrogens with zero attached hydrogens (tertiary/aromatic N) is 1. The highest BCUT2D eigenvalue weighted by Crippen LogP contribution is 2.17. The van der Waals surface area contributed by atoms with E-state index in [9.17, 15) is 14.0 Å². The molecular formula is C13H13FN2O4. The zero-order valence-corrected chi connectivity index (χ0v) is 10.7. The lowest BCUT2D eigenvalue weighted by molar-refractivity contribution is -0.143. The molecule has 6 nitrogen and oxygen atoms in total. The molecule has 0 aromatic heterocycles. The van der Waals surface area contributed by atoms with Crippen molar-refractivity contribution in [3.05, 3.63) is 35.6 Å². The van der Waals surface area contributed by atoms with Crippen molar-refractivity contribution in [3.63, 3.8) is 0 Å². The van der Waals surface area contributed by atoms with Crippen molar-refractivity contribution in [2.45, 2.75) is 25.5 Å². The first-order chi connectivity index (χ1) is 9.47. The summed E-state index contributed by atoms with van der Waals surface area (Å²) >= 11 is 0. The summed E-state index contributed by atoms with van der Waals surface area (Å²) in [5, 5.41) is 14.7. The molecule has 1 aliphatic rings. The maximum Gasteiger partial charge on any atom is 0.325 e. The predicted octanol–water partition coefficient (Wildman–Crippen LogP) is 0.908. The predicted molar refractivity (Wildman–Crippen MR) is 67.7 cm³/mol. The highest BCUT2D eigenvalue weighted by atomic mass is 19.1. The summed E-state index contributed by atoms with van der Waals surface area (Å²) in [4.78, 5) is 27.4. The normalized spacial score (nSPS) is 18.9. The SMILES string of the molecule is C[C@@H](NC(=O)C1CC(c2cccc(F)c2)=NO1)C(=O)O. The maximum atomic E-state index is 13.1. The minimum absolute atomic E-state index is 0.168. The Morgan fingerprint density at radius 1 is 1.55 bits per heavy atom. The van der Waals surface area contributed by atoms with Gasteiger partial charge in [0.15, 0.2) is 0 Å². The number of hydrogen-bond acceptors (Lipinski definition) is 4. The third kappa shape index (κ3) is 3.11. The van der Waals surface area contributed by atoms with E-state index >= 15 is 0 Å². The van der Waals surface area contributed by atoms with Gasteiger partial charge in [0.05, 0.1) is 5.71 Å². The van der Waals surface area contributed by atoms with E-state index in [0.717, 1.165) is 0 Å². The Balaban J connectivity index is 1.98. The van der Waals surface area contributed by atoms with Gasteiger partial charge in [0, 0.05) is 12.0 Å². The second kappa shape index (κ2) is 5.68. The summed E-state index contributed by atoms with van der Waals surface area (Å²) in [5.41, 5.74) is 0.985. The van der Waals surface area contributed by atoms with Crippen LogP contribution in [-0.4, -0.2) is 34.8 Å². The standard InChI is InChI=1S/C13H13FN2O4/c1-7(13(18)19)15-12(17)11-6-10(16-20-11)8-3-2-4-9(14)5-8/h2-5,7,11H,6H2,1H3,(H,15,17)(H,18,19)/t7-,11?/m1/s1. The topological polar surface area (TPSA) is 88.0 Å². The molecule has 0 spiro atoms. The lowest BCUT2D eigenvalue weighted by Crippen LogP contribution is -2.43. The van der Waals surface area contributed by atoms with Crippen LogP contribution in [0.15, 0.2) is 29.4 Å². The Labute approximate surface area is 114 Å². The van der Waals surface area contributed by atoms with E-state index in [1.807, 2.05) is 0 Å². The monoisotopic (exact) mass is 280 g/mol. The van der Waals surface area contributed by atoms with Gasteiger partial charge in [0.1, 0.15) is 11.9 Å². The smallest absolute Gasteiger partial charge is 0.325 e. The minimum Gasteiger partial charge on any atom is -0.480 e. The molecule has 0 bridgehead atoms. The Morgan fingerprint density at radius 3 is 2.95 bits per heavy atom. The number of carbonyl (C=O) groups is 2. The first kappa shape index (κ1) is 14.0. The Hall–Kier alpha value is -2.44. The summed E-state index contributed by atoms with van der Waals surface area (Å²) in [6.07, 6.45) is -0.725. The van der Waals surface area contributed by atoms with Crippen LogP contribution in [0.2, 0.25) is 0 Å². The summed E-state index contributed by atoms with van der Waals surface area (Å²) in [6.45, 7) is 1.35. The van der Waals surface area contributed by atoms with E-state index in [-0.39, 0.29) is 6.42 Å². The maximum absolute atomic E-state index is 13.1. The number of rotatable bonds is 4. The lowest BCUT2D eigenvalue weighted by Gasteiger charge is -2.12. The van der Waals surface area contributed by atoms with Gasteiger partial charge in [-0.05, 0) is 19.1 Å². The van der Waals surface area contributed by atoms with Gasteiger partial charge in [-0.3, -0.25) is 9.59 Å². The van der Waals surface area contributed by atoms with E-state index in [2.05, 4.69) is 10.5 Å². The van der Waals surface area contributed by atoms with Gasteiger partial charge in [-0.2, -0.15) is 0 Å². The van der Waals surface area contributed by atoms with E-state index < -0.39 is 29.8 Å². The van der Waals surface area contributed by atoms with Gasteiger partial charge in [-0.15, -0.1) is 0 Å². The summed E-state index contributed by atoms with van der Waals surface area (Å²) in [7, 11) is 0. The van der Waals surface area contributed by atoms with E-state index in [1.54, 1.807) is 6.07 Å². The molecule has 106 valence electrons. The Kier molecular flexibility index (Phi) is 3.97. The van der Waals surface area contributed by atoms with Crippen LogP contribution in [0.25, 0.3) is 0 Å². The number of carbonyl (C=O) groups excluding carboxylic acids is 1. The fraction of sp³-hybridized carbons (Fsp3) is 0.308. The van der Waals surface area contributed by atoms with Crippen LogP contribution in [0.4, 0.5) is 4.39 Å². The fourth-order valence-corrected chi connectivity index (χ4v) is 1.72. The minimum atomic E-state index is -1.14. The van der Waals surface area contributed by atoms with Crippen molar-refractivity contribution in [3.8, 4) is 0 Å². The molecular weight excluding hydrogens is 267 g/mol. The number of hydrogen-bond donors (Lipinski definition) is 2. The second-order valence-corrected chi connectivity index (χ2v) is 4.42. The molecule has 1 amide bonds. The van der Waals surface area contributed by atoms with Crippen LogP contribution in [0.5, 0.6) is 0 Å². The second-order valence-electron chi connectivity index (χ2n) is 4.42. The third-order valence-electron chi connectivity index (χ3n) is 2.85. The number of aliphatic carboxylic acids is 1. The van der Waals surface area contributed by atoms with Crippen LogP contribution in [0, 0.1) is 5.82 Å². The third-order valence-corrected chi connectivity index (χ3v) is 2.85. The highest BCUT2D eigenvalue weighted by Gasteiger charge is 2.30. The number of halogens is 1. The van der Waals surface area contributed by atoms with Gasteiger partial charge >= 0.3 is 5.97 Å². The van der Waals surface area contributed by atoms with Crippen LogP contribution in [0.1, 0.15) is 18.9 Å². The van der Waals surface area contributed by atoms with Crippen LogP contribution >= 0.6 is 0 Å². The van der Waals surface area contributed by atoms with Crippen molar-refractivity contribution in [2.24, 2.45) is 5.16 Å². The number of nitrogens with one attached hydrogen (secondary N) is 1. The van der Waals surface area contributed by atoms with Gasteiger partial charge < -0.3 is 15.3 Å². The molecule has 1 aromatic carbocycles. The van der Waals surface area contributed by atoms with E-state index in [0.29, 0.717) is 11.3 Å². The molecule has 20 heavy (non-hydrogen) atoms. The van der Waals surface area contributed by atoms with Crippen molar-refractivity contribution in [1.29, 1.82) is 0 Å². The lowest BCUT2D eigenvalue weighted by atomic mass is 10.0. The largest absolute Gasteiger partial charge is 0.480 e. The van der Waals surface area contributed by atoms with Gasteiger partial charge in [0.2, 0.25) is 6.10 Å². The zero-order chi connectivity index (χ0) is 14.7. The molecule has 0 aliphatic carbocycles. The average molecular weight is 280 g/mol. The Bertz CT molecular complexity index is 573. The van der Waals surface area contributed by atoms with E-state index in [4.69, 9.17) is 9.94 Å². The molecule has 1 aliphatic heterocycles. The molecule has 0 radical (unpaired) electrons. The molecule has 0 fully saturated rings. The molecule has 7 heteroatoms. The number of carboxylic acids is 1. The molecule has 1 heterocycles. The van der Waals surface area contributed by atoms with Crippen molar-refractivity contribution < 1.29 is 23.9 Å². The van der Waals surface area contributed by atoms with Gasteiger partial charge in [0.25, 0.3) is 5.91 Å². The quantitative estimate of drug-likeness (QED) is 0.858. The molecule has 2 rings (SSSR count). The first-order valence-corrected chi connectivity index (χ1v) is 5.99. The van der Waals surface area contributed by atoms with Gasteiger partial charge in [-0.25, -0.2) is 4.39 Å². The zero-order valence-electron chi connectivity index (χ0n) is 10.7. The molecule has 2 N–H and O–H groups in total.